The molecule has 18 heavy (non-hydrogen) atoms. The molecule has 104 valence electrons. The monoisotopic (exact) mass is 255 g/mol. The maximum atomic E-state index is 12.5. The molecule has 1 unspecified atom stereocenters. The average molecular weight is 255 g/mol. The fourth-order valence-electron chi connectivity index (χ4n) is 2.51. The minimum absolute atomic E-state index is 0.00422. The van der Waals surface area contributed by atoms with Gasteiger partial charge in [0.1, 0.15) is 0 Å². The van der Waals surface area contributed by atoms with Gasteiger partial charge in [-0.15, -0.1) is 0 Å². The summed E-state index contributed by atoms with van der Waals surface area (Å²) in [5.74, 6) is 0.274. The molecule has 0 aromatic rings. The van der Waals surface area contributed by atoms with E-state index in [4.69, 9.17) is 4.74 Å². The van der Waals surface area contributed by atoms with Gasteiger partial charge in [0, 0.05) is 45.9 Å². The van der Waals surface area contributed by atoms with Crippen LogP contribution in [0.4, 0.5) is 0 Å². The normalized spacial score (nSPS) is 22.8. The quantitative estimate of drug-likeness (QED) is 0.721. The minimum atomic E-state index is 0.00422. The van der Waals surface area contributed by atoms with E-state index in [2.05, 4.69) is 10.2 Å². The summed E-state index contributed by atoms with van der Waals surface area (Å²) in [6.45, 7) is 7.31. The first kappa shape index (κ1) is 13.8. The number of rotatable bonds is 6. The van der Waals surface area contributed by atoms with Gasteiger partial charge in [0.15, 0.2) is 0 Å². The van der Waals surface area contributed by atoms with Crippen LogP contribution in [-0.4, -0.2) is 74.2 Å². The fourth-order valence-corrected chi connectivity index (χ4v) is 2.51. The van der Waals surface area contributed by atoms with Crippen LogP contribution in [0.15, 0.2) is 0 Å². The van der Waals surface area contributed by atoms with Gasteiger partial charge in [-0.25, -0.2) is 0 Å². The summed E-state index contributed by atoms with van der Waals surface area (Å²) in [6, 6.07) is 0.475. The molecular weight excluding hydrogens is 230 g/mol. The van der Waals surface area contributed by atoms with Gasteiger partial charge in [0.25, 0.3) is 0 Å². The lowest BCUT2D eigenvalue weighted by Crippen LogP contribution is -2.54. The van der Waals surface area contributed by atoms with Crippen molar-refractivity contribution in [3.63, 3.8) is 0 Å². The van der Waals surface area contributed by atoms with Gasteiger partial charge >= 0.3 is 0 Å². The van der Waals surface area contributed by atoms with Crippen molar-refractivity contribution in [1.29, 1.82) is 0 Å². The van der Waals surface area contributed by atoms with E-state index < -0.39 is 0 Å². The maximum Gasteiger partial charge on any atom is 0.239 e. The molecule has 0 radical (unpaired) electrons. The van der Waals surface area contributed by atoms with Crippen molar-refractivity contribution in [2.24, 2.45) is 0 Å². The molecule has 1 N–H and O–H groups in total. The highest BCUT2D eigenvalue weighted by atomic mass is 16.5. The summed E-state index contributed by atoms with van der Waals surface area (Å²) < 4.78 is 5.11. The van der Waals surface area contributed by atoms with Crippen LogP contribution in [0.1, 0.15) is 19.8 Å². The van der Waals surface area contributed by atoms with Crippen LogP contribution in [0, 0.1) is 0 Å². The number of methoxy groups -OCH3 is 1. The third kappa shape index (κ3) is 3.43. The van der Waals surface area contributed by atoms with Crippen LogP contribution in [0.3, 0.4) is 0 Å². The molecule has 1 saturated heterocycles. The second-order valence-corrected chi connectivity index (χ2v) is 5.22. The second kappa shape index (κ2) is 6.50. The van der Waals surface area contributed by atoms with Crippen LogP contribution >= 0.6 is 0 Å². The van der Waals surface area contributed by atoms with Gasteiger partial charge in [0.05, 0.1) is 12.6 Å². The zero-order valence-electron chi connectivity index (χ0n) is 11.5. The van der Waals surface area contributed by atoms with Gasteiger partial charge in [-0.1, -0.05) is 0 Å². The van der Waals surface area contributed by atoms with Gasteiger partial charge < -0.3 is 15.0 Å². The van der Waals surface area contributed by atoms with Gasteiger partial charge in [-0.05, 0) is 19.8 Å². The standard InChI is InChI=1S/C13H25N3O2/c1-11(15-7-5-14-6-8-15)13(17)16(9-10-18-2)12-3-4-12/h11-12,14H,3-10H2,1-2H3. The van der Waals surface area contributed by atoms with E-state index >= 15 is 0 Å². The van der Waals surface area contributed by atoms with E-state index in [1.165, 1.54) is 0 Å². The first-order valence-corrected chi connectivity index (χ1v) is 6.98. The zero-order chi connectivity index (χ0) is 13.0. The summed E-state index contributed by atoms with van der Waals surface area (Å²) in [6.07, 6.45) is 2.31. The Kier molecular flexibility index (Phi) is 4.97. The van der Waals surface area contributed by atoms with E-state index in [1.54, 1.807) is 7.11 Å². The van der Waals surface area contributed by atoms with Gasteiger partial charge in [-0.2, -0.15) is 0 Å². The van der Waals surface area contributed by atoms with Crippen LogP contribution < -0.4 is 5.32 Å². The summed E-state index contributed by atoms with van der Waals surface area (Å²) in [7, 11) is 1.69. The Morgan fingerprint density at radius 1 is 1.44 bits per heavy atom. The predicted molar refractivity (Wildman–Crippen MR) is 70.5 cm³/mol. The first-order valence-electron chi connectivity index (χ1n) is 6.98. The fraction of sp³-hybridized carbons (Fsp3) is 0.923. The number of amides is 1. The Morgan fingerprint density at radius 2 is 2.11 bits per heavy atom. The summed E-state index contributed by atoms with van der Waals surface area (Å²) in [4.78, 5) is 16.8. The number of carbonyl (C=O) groups is 1. The van der Waals surface area contributed by atoms with Gasteiger partial charge in [-0.3, -0.25) is 9.69 Å². The third-order valence-corrected chi connectivity index (χ3v) is 3.86. The molecule has 1 aliphatic carbocycles. The Labute approximate surface area is 109 Å². The first-order chi connectivity index (χ1) is 8.74. The molecule has 1 aliphatic heterocycles. The number of ether oxygens (including phenoxy) is 1. The lowest BCUT2D eigenvalue weighted by Gasteiger charge is -2.35. The molecule has 1 heterocycles. The number of piperazine rings is 1. The average Bonchev–Trinajstić information content (AvgIpc) is 3.24. The number of nitrogens with one attached hydrogen (secondary N) is 1. The molecule has 1 amide bonds. The molecule has 0 bridgehead atoms. The molecule has 0 aromatic heterocycles. The predicted octanol–water partition coefficient (Wildman–Crippen LogP) is -0.0825. The van der Waals surface area contributed by atoms with Crippen molar-refractivity contribution in [2.75, 3.05) is 46.4 Å². The lowest BCUT2D eigenvalue weighted by molar-refractivity contribution is -0.137. The lowest BCUT2D eigenvalue weighted by atomic mass is 10.2. The highest BCUT2D eigenvalue weighted by molar-refractivity contribution is 5.82. The van der Waals surface area contributed by atoms with Crippen LogP contribution in [-0.2, 0) is 9.53 Å². The number of carbonyl (C=O) groups excluding carboxylic acids is 1. The van der Waals surface area contributed by atoms with Crippen molar-refractivity contribution in [1.82, 2.24) is 15.1 Å². The largest absolute Gasteiger partial charge is 0.383 e. The minimum Gasteiger partial charge on any atom is -0.383 e. The van der Waals surface area contributed by atoms with E-state index in [-0.39, 0.29) is 11.9 Å². The van der Waals surface area contributed by atoms with Crippen LogP contribution in [0.5, 0.6) is 0 Å². The van der Waals surface area contributed by atoms with Gasteiger partial charge in [0.2, 0.25) is 5.91 Å². The molecule has 5 heteroatoms. The van der Waals surface area contributed by atoms with E-state index in [0.29, 0.717) is 12.6 Å². The molecule has 5 nitrogen and oxygen atoms in total. The molecule has 1 saturated carbocycles. The van der Waals surface area contributed by atoms with E-state index in [0.717, 1.165) is 45.6 Å². The molecule has 0 spiro atoms. The molecule has 1 atom stereocenters. The van der Waals surface area contributed by atoms with E-state index in [9.17, 15) is 4.79 Å². The number of nitrogens with zero attached hydrogens (tertiary/aromatic N) is 2. The number of hydrogen-bond acceptors (Lipinski definition) is 4. The number of hydrogen-bond donors (Lipinski definition) is 1. The zero-order valence-corrected chi connectivity index (χ0v) is 11.5. The highest BCUT2D eigenvalue weighted by Gasteiger charge is 2.36. The topological polar surface area (TPSA) is 44.8 Å². The maximum absolute atomic E-state index is 12.5. The molecule has 2 aliphatic rings. The van der Waals surface area contributed by atoms with E-state index in [1.807, 2.05) is 11.8 Å². The Balaban J connectivity index is 1.89. The summed E-state index contributed by atoms with van der Waals surface area (Å²) in [5.41, 5.74) is 0. The van der Waals surface area contributed by atoms with Crippen LogP contribution in [0.25, 0.3) is 0 Å². The smallest absolute Gasteiger partial charge is 0.239 e. The van der Waals surface area contributed by atoms with Crippen molar-refractivity contribution < 1.29 is 9.53 Å². The second-order valence-electron chi connectivity index (χ2n) is 5.22. The molecule has 2 rings (SSSR count). The Bertz CT molecular complexity index is 275. The molecule has 2 fully saturated rings. The SMILES string of the molecule is COCCN(C(=O)C(C)N1CCNCC1)C1CC1. The van der Waals surface area contributed by atoms with Crippen molar-refractivity contribution in [3.8, 4) is 0 Å². The highest BCUT2D eigenvalue weighted by Crippen LogP contribution is 2.27. The summed E-state index contributed by atoms with van der Waals surface area (Å²) in [5, 5.41) is 3.32. The van der Waals surface area contributed by atoms with Crippen molar-refractivity contribution in [3.05, 3.63) is 0 Å². The Morgan fingerprint density at radius 3 is 2.67 bits per heavy atom. The van der Waals surface area contributed by atoms with Crippen LogP contribution in [0.2, 0.25) is 0 Å². The summed E-state index contributed by atoms with van der Waals surface area (Å²) >= 11 is 0. The van der Waals surface area contributed by atoms with Crippen molar-refractivity contribution in [2.45, 2.75) is 31.8 Å². The van der Waals surface area contributed by atoms with Crippen molar-refractivity contribution >= 4 is 5.91 Å². The molecule has 0 aromatic carbocycles. The molecular formula is C13H25N3O2. The Hall–Kier alpha value is -0.650. The third-order valence-electron chi connectivity index (χ3n) is 3.86.